The summed E-state index contributed by atoms with van der Waals surface area (Å²) in [5.74, 6) is -0.309. The van der Waals surface area contributed by atoms with Crippen molar-refractivity contribution in [1.82, 2.24) is 15.0 Å². The van der Waals surface area contributed by atoms with Gasteiger partial charge in [-0.25, -0.2) is 9.37 Å². The average molecular weight is 367 g/mol. The van der Waals surface area contributed by atoms with Crippen molar-refractivity contribution in [3.8, 4) is 22.4 Å². The molecule has 0 saturated heterocycles. The molecule has 0 fully saturated rings. The van der Waals surface area contributed by atoms with Gasteiger partial charge < -0.3 is 4.98 Å². The second-order valence-corrected chi connectivity index (χ2v) is 6.54. The van der Waals surface area contributed by atoms with E-state index >= 15 is 0 Å². The molecule has 1 N–H and O–H groups in total. The van der Waals surface area contributed by atoms with Crippen LogP contribution in [0.2, 0.25) is 0 Å². The van der Waals surface area contributed by atoms with Crippen LogP contribution in [0.15, 0.2) is 83.9 Å². The predicted octanol–water partition coefficient (Wildman–Crippen LogP) is 4.94. The van der Waals surface area contributed by atoms with Crippen LogP contribution in [-0.2, 0) is 0 Å². The third-order valence-electron chi connectivity index (χ3n) is 4.77. The van der Waals surface area contributed by atoms with Gasteiger partial charge in [-0.3, -0.25) is 9.78 Å². The zero-order valence-electron chi connectivity index (χ0n) is 14.7. The van der Waals surface area contributed by atoms with Crippen LogP contribution in [0.1, 0.15) is 0 Å². The van der Waals surface area contributed by atoms with E-state index in [0.717, 1.165) is 27.6 Å². The third kappa shape index (κ3) is 2.74. The largest absolute Gasteiger partial charge is 0.346 e. The minimum Gasteiger partial charge on any atom is -0.346 e. The van der Waals surface area contributed by atoms with Gasteiger partial charge in [0.25, 0.3) is 0 Å². The fourth-order valence-electron chi connectivity index (χ4n) is 3.39. The van der Waals surface area contributed by atoms with Crippen LogP contribution in [0, 0.1) is 5.82 Å². The maximum atomic E-state index is 13.4. The maximum Gasteiger partial charge on any atom is 0.191 e. The second-order valence-electron chi connectivity index (χ2n) is 6.54. The van der Waals surface area contributed by atoms with Crippen molar-refractivity contribution in [3.63, 3.8) is 0 Å². The number of nitrogens with zero attached hydrogens (tertiary/aromatic N) is 2. The first-order valence-corrected chi connectivity index (χ1v) is 8.82. The van der Waals surface area contributed by atoms with Gasteiger partial charge in [0.15, 0.2) is 5.43 Å². The number of rotatable bonds is 2. The average Bonchev–Trinajstić information content (AvgIpc) is 2.73. The summed E-state index contributed by atoms with van der Waals surface area (Å²) < 4.78 is 13.4. The Labute approximate surface area is 159 Å². The highest BCUT2D eigenvalue weighted by molar-refractivity contribution is 5.93. The standard InChI is InChI=1S/C23H14FN3O/c24-17-6-3-14(4-7-17)22-18(13-19-21(28)9-11-26-23(19)27-22)15-5-8-20-16(12-15)2-1-10-25-20/h1-13H,(H,26,27,28). The van der Waals surface area contributed by atoms with Gasteiger partial charge in [-0.2, -0.15) is 0 Å². The van der Waals surface area contributed by atoms with Crippen LogP contribution in [0.25, 0.3) is 44.3 Å². The lowest BCUT2D eigenvalue weighted by Gasteiger charge is -2.12. The number of benzene rings is 2. The van der Waals surface area contributed by atoms with Gasteiger partial charge in [0.05, 0.1) is 16.6 Å². The highest BCUT2D eigenvalue weighted by atomic mass is 19.1. The summed E-state index contributed by atoms with van der Waals surface area (Å²) in [6.45, 7) is 0. The van der Waals surface area contributed by atoms with E-state index in [1.54, 1.807) is 24.5 Å². The summed E-state index contributed by atoms with van der Waals surface area (Å²) in [5.41, 5.74) is 4.46. The molecule has 0 spiro atoms. The highest BCUT2D eigenvalue weighted by Gasteiger charge is 2.14. The maximum absolute atomic E-state index is 13.4. The molecule has 28 heavy (non-hydrogen) atoms. The first-order valence-electron chi connectivity index (χ1n) is 8.82. The molecule has 0 saturated carbocycles. The van der Waals surface area contributed by atoms with Gasteiger partial charge in [0.1, 0.15) is 11.5 Å². The molecule has 3 heterocycles. The van der Waals surface area contributed by atoms with Gasteiger partial charge in [-0.05, 0) is 54.1 Å². The van der Waals surface area contributed by atoms with E-state index in [0.29, 0.717) is 16.7 Å². The van der Waals surface area contributed by atoms with Crippen molar-refractivity contribution in [2.45, 2.75) is 0 Å². The molecule has 0 amide bonds. The molecule has 4 nitrogen and oxygen atoms in total. The fourth-order valence-corrected chi connectivity index (χ4v) is 3.39. The zero-order valence-corrected chi connectivity index (χ0v) is 14.7. The number of hydrogen-bond donors (Lipinski definition) is 1. The minimum absolute atomic E-state index is 0.101. The lowest BCUT2D eigenvalue weighted by molar-refractivity contribution is 0.628. The Bertz CT molecular complexity index is 1390. The van der Waals surface area contributed by atoms with E-state index in [2.05, 4.69) is 9.97 Å². The first kappa shape index (κ1) is 16.3. The van der Waals surface area contributed by atoms with E-state index in [9.17, 15) is 9.18 Å². The number of H-pyrrole nitrogens is 1. The summed E-state index contributed by atoms with van der Waals surface area (Å²) >= 11 is 0. The molecule has 0 radical (unpaired) electrons. The Kier molecular flexibility index (Phi) is 3.72. The van der Waals surface area contributed by atoms with E-state index < -0.39 is 0 Å². The van der Waals surface area contributed by atoms with E-state index in [1.807, 2.05) is 36.4 Å². The predicted molar refractivity (Wildman–Crippen MR) is 108 cm³/mol. The molecule has 0 aliphatic heterocycles. The number of hydrogen-bond acceptors (Lipinski definition) is 3. The molecule has 5 heteroatoms. The number of fused-ring (bicyclic) bond motifs is 2. The van der Waals surface area contributed by atoms with Gasteiger partial charge in [0.2, 0.25) is 0 Å². The molecular formula is C23H14FN3O. The number of aromatic nitrogens is 3. The molecule has 5 aromatic rings. The van der Waals surface area contributed by atoms with Crippen molar-refractivity contribution < 1.29 is 4.39 Å². The quantitative estimate of drug-likeness (QED) is 0.480. The summed E-state index contributed by atoms with van der Waals surface area (Å²) in [7, 11) is 0. The molecule has 0 aliphatic carbocycles. The van der Waals surface area contributed by atoms with Gasteiger partial charge >= 0.3 is 0 Å². The van der Waals surface area contributed by atoms with Crippen molar-refractivity contribution in [1.29, 1.82) is 0 Å². The molecular weight excluding hydrogens is 353 g/mol. The van der Waals surface area contributed by atoms with Crippen LogP contribution in [-0.4, -0.2) is 15.0 Å². The third-order valence-corrected chi connectivity index (χ3v) is 4.77. The van der Waals surface area contributed by atoms with Gasteiger partial charge in [0, 0.05) is 35.0 Å². The Hall–Kier alpha value is -3.86. The van der Waals surface area contributed by atoms with Crippen LogP contribution >= 0.6 is 0 Å². The summed E-state index contributed by atoms with van der Waals surface area (Å²) in [5, 5.41) is 1.50. The Morgan fingerprint density at radius 2 is 1.71 bits per heavy atom. The Balaban J connectivity index is 1.83. The number of pyridine rings is 3. The van der Waals surface area contributed by atoms with E-state index in [-0.39, 0.29) is 11.2 Å². The normalized spacial score (nSPS) is 11.2. The number of aromatic amines is 1. The zero-order chi connectivity index (χ0) is 19.1. The molecule has 0 atom stereocenters. The summed E-state index contributed by atoms with van der Waals surface area (Å²) in [6.07, 6.45) is 3.33. The minimum atomic E-state index is -0.309. The second kappa shape index (κ2) is 6.39. The first-order chi connectivity index (χ1) is 13.7. The molecule has 0 unspecified atom stereocenters. The van der Waals surface area contributed by atoms with Crippen molar-refractivity contribution >= 4 is 21.9 Å². The van der Waals surface area contributed by atoms with Crippen molar-refractivity contribution in [2.75, 3.05) is 0 Å². The van der Waals surface area contributed by atoms with Crippen LogP contribution in [0.4, 0.5) is 4.39 Å². The monoisotopic (exact) mass is 367 g/mol. The van der Waals surface area contributed by atoms with E-state index in [4.69, 9.17) is 4.98 Å². The molecule has 0 aliphatic rings. The number of nitrogens with one attached hydrogen (secondary N) is 1. The van der Waals surface area contributed by atoms with Gasteiger partial charge in [-0.1, -0.05) is 12.1 Å². The summed E-state index contributed by atoms with van der Waals surface area (Å²) in [6, 6.07) is 19.3. The Morgan fingerprint density at radius 1 is 0.893 bits per heavy atom. The van der Waals surface area contributed by atoms with Crippen LogP contribution < -0.4 is 5.43 Å². The smallest absolute Gasteiger partial charge is 0.191 e. The SMILES string of the molecule is O=c1cc[nH]c2nc(-c3ccc(F)cc3)c(-c3ccc4ncccc4c3)cc12. The van der Waals surface area contributed by atoms with E-state index in [1.165, 1.54) is 18.2 Å². The summed E-state index contributed by atoms with van der Waals surface area (Å²) in [4.78, 5) is 24.4. The molecule has 3 aromatic heterocycles. The van der Waals surface area contributed by atoms with Crippen molar-refractivity contribution in [2.24, 2.45) is 0 Å². The lowest BCUT2D eigenvalue weighted by Crippen LogP contribution is -2.03. The molecule has 134 valence electrons. The molecule has 5 rings (SSSR count). The van der Waals surface area contributed by atoms with Crippen LogP contribution in [0.5, 0.6) is 0 Å². The van der Waals surface area contributed by atoms with Crippen LogP contribution in [0.3, 0.4) is 0 Å². The fraction of sp³-hybridized carbons (Fsp3) is 0. The van der Waals surface area contributed by atoms with Crippen molar-refractivity contribution in [3.05, 3.63) is 95.2 Å². The number of halogens is 1. The van der Waals surface area contributed by atoms with Gasteiger partial charge in [-0.15, -0.1) is 0 Å². The Morgan fingerprint density at radius 3 is 2.57 bits per heavy atom. The highest BCUT2D eigenvalue weighted by Crippen LogP contribution is 2.33. The topological polar surface area (TPSA) is 58.6 Å². The molecule has 2 aromatic carbocycles. The lowest BCUT2D eigenvalue weighted by atomic mass is 9.97. The molecule has 0 bridgehead atoms.